The van der Waals surface area contributed by atoms with Crippen LogP contribution >= 0.6 is 0 Å². The minimum Gasteiger partial charge on any atom is -0.429 e. The van der Waals surface area contributed by atoms with Crippen LogP contribution in [0.15, 0.2) is 23.3 Å². The number of allylic oxidation sites excluding steroid dienone is 3. The highest BCUT2D eigenvalue weighted by Crippen LogP contribution is 2.22. The minimum absolute atomic E-state index is 0.328. The van der Waals surface area contributed by atoms with Gasteiger partial charge in [-0.15, -0.1) is 0 Å². The van der Waals surface area contributed by atoms with Crippen molar-refractivity contribution in [1.29, 1.82) is 0 Å². The first-order valence-electron chi connectivity index (χ1n) is 7.09. The van der Waals surface area contributed by atoms with E-state index < -0.39 is 43.3 Å². The van der Waals surface area contributed by atoms with Gasteiger partial charge in [0.05, 0.1) is 6.61 Å². The molecule has 5 atom stereocenters. The van der Waals surface area contributed by atoms with E-state index in [2.05, 4.69) is 0 Å². The normalized spacial score (nSPS) is 32.5. The number of carbonyl (C=O) groups is 1. The van der Waals surface area contributed by atoms with Crippen LogP contribution in [0.5, 0.6) is 0 Å². The molecule has 1 saturated heterocycles. The summed E-state index contributed by atoms with van der Waals surface area (Å²) in [6, 6.07) is 0. The van der Waals surface area contributed by atoms with E-state index in [9.17, 15) is 20.1 Å². The molecule has 1 rings (SSSR count). The summed E-state index contributed by atoms with van der Waals surface area (Å²) in [5, 5.41) is 38.1. The number of hydrogen-bond donors (Lipinski definition) is 4. The second-order valence-corrected chi connectivity index (χ2v) is 5.51. The Bertz CT molecular complexity index is 437. The molecule has 0 aromatic rings. The molecule has 4 N–H and O–H groups in total. The van der Waals surface area contributed by atoms with Crippen molar-refractivity contribution < 1.29 is 34.7 Å². The van der Waals surface area contributed by atoms with Crippen LogP contribution in [0.1, 0.15) is 27.2 Å². The van der Waals surface area contributed by atoms with Crippen molar-refractivity contribution in [3.8, 4) is 0 Å². The molecule has 0 amide bonds. The molecule has 1 fully saturated rings. The lowest BCUT2D eigenvalue weighted by atomic mass is 9.99. The summed E-state index contributed by atoms with van der Waals surface area (Å²) >= 11 is 0. The maximum atomic E-state index is 11.9. The van der Waals surface area contributed by atoms with Crippen LogP contribution in [0, 0.1) is 0 Å². The zero-order valence-corrected chi connectivity index (χ0v) is 13.0. The summed E-state index contributed by atoms with van der Waals surface area (Å²) < 4.78 is 10.1. The number of rotatable bonds is 5. The molecule has 1 aliphatic rings. The van der Waals surface area contributed by atoms with Crippen LogP contribution in [0.2, 0.25) is 0 Å². The zero-order chi connectivity index (χ0) is 16.9. The third-order valence-corrected chi connectivity index (χ3v) is 3.34. The van der Waals surface area contributed by atoms with E-state index in [-0.39, 0.29) is 0 Å². The molecule has 0 saturated carbocycles. The molecule has 1 aliphatic heterocycles. The lowest BCUT2D eigenvalue weighted by molar-refractivity contribution is -0.291. The van der Waals surface area contributed by atoms with Crippen molar-refractivity contribution in [2.45, 2.75) is 57.9 Å². The van der Waals surface area contributed by atoms with E-state index in [1.807, 2.05) is 19.9 Å². The molecule has 0 bridgehead atoms. The maximum absolute atomic E-state index is 11.9. The second kappa shape index (κ2) is 8.40. The molecule has 0 spiro atoms. The van der Waals surface area contributed by atoms with Crippen LogP contribution in [-0.4, -0.2) is 63.7 Å². The van der Waals surface area contributed by atoms with Gasteiger partial charge in [0.1, 0.15) is 24.4 Å². The third kappa shape index (κ3) is 4.89. The van der Waals surface area contributed by atoms with Gasteiger partial charge in [-0.05, 0) is 27.2 Å². The number of aliphatic hydroxyl groups is 4. The lowest BCUT2D eigenvalue weighted by Crippen LogP contribution is -2.59. The molecule has 5 unspecified atom stereocenters. The van der Waals surface area contributed by atoms with Gasteiger partial charge < -0.3 is 29.9 Å². The Hall–Kier alpha value is -1.25. The fourth-order valence-corrected chi connectivity index (χ4v) is 1.92. The first-order chi connectivity index (χ1) is 10.3. The summed E-state index contributed by atoms with van der Waals surface area (Å²) in [6.45, 7) is 4.87. The zero-order valence-electron chi connectivity index (χ0n) is 13.0. The second-order valence-electron chi connectivity index (χ2n) is 5.51. The first-order valence-corrected chi connectivity index (χ1v) is 7.09. The molecule has 0 aromatic carbocycles. The Morgan fingerprint density at radius 3 is 2.27 bits per heavy atom. The average Bonchev–Trinajstić information content (AvgIpc) is 2.47. The van der Waals surface area contributed by atoms with Gasteiger partial charge in [0.2, 0.25) is 6.29 Å². The van der Waals surface area contributed by atoms with Gasteiger partial charge in [0.25, 0.3) is 0 Å². The molecule has 0 aliphatic carbocycles. The topological polar surface area (TPSA) is 116 Å². The number of esters is 1. The van der Waals surface area contributed by atoms with Crippen LogP contribution in [0.25, 0.3) is 0 Å². The predicted octanol–water partition coefficient (Wildman–Crippen LogP) is -0.368. The Morgan fingerprint density at radius 1 is 1.09 bits per heavy atom. The highest BCUT2D eigenvalue weighted by molar-refractivity contribution is 5.87. The first kappa shape index (κ1) is 18.8. The molecule has 126 valence electrons. The monoisotopic (exact) mass is 316 g/mol. The molecular formula is C15H24O7. The highest BCUT2D eigenvalue weighted by Gasteiger charge is 2.45. The smallest absolute Gasteiger partial charge is 0.335 e. The minimum atomic E-state index is -1.59. The maximum Gasteiger partial charge on any atom is 0.335 e. The van der Waals surface area contributed by atoms with Gasteiger partial charge in [0.15, 0.2) is 0 Å². The molecule has 7 heteroatoms. The quantitative estimate of drug-likeness (QED) is 0.311. The van der Waals surface area contributed by atoms with E-state index in [4.69, 9.17) is 14.6 Å². The molecule has 7 nitrogen and oxygen atoms in total. The summed E-state index contributed by atoms with van der Waals surface area (Å²) in [5.74, 6) is -0.702. The van der Waals surface area contributed by atoms with Gasteiger partial charge >= 0.3 is 5.97 Å². The van der Waals surface area contributed by atoms with E-state index in [1.54, 1.807) is 13.0 Å². The average molecular weight is 316 g/mol. The van der Waals surface area contributed by atoms with Gasteiger partial charge in [0, 0.05) is 5.57 Å². The number of ether oxygens (including phenoxy) is 2. The number of aliphatic hydroxyl groups excluding tert-OH is 4. The fraction of sp³-hybridized carbons (Fsp3) is 0.667. The van der Waals surface area contributed by atoms with Gasteiger partial charge in [-0.3, -0.25) is 0 Å². The van der Waals surface area contributed by atoms with E-state index in [0.717, 1.165) is 5.57 Å². The van der Waals surface area contributed by atoms with Crippen molar-refractivity contribution in [1.82, 2.24) is 0 Å². The molecule has 22 heavy (non-hydrogen) atoms. The van der Waals surface area contributed by atoms with Crippen LogP contribution in [-0.2, 0) is 14.3 Å². The van der Waals surface area contributed by atoms with Crippen LogP contribution < -0.4 is 0 Å². The summed E-state index contributed by atoms with van der Waals surface area (Å²) in [4.78, 5) is 11.9. The third-order valence-electron chi connectivity index (χ3n) is 3.34. The molecular weight excluding hydrogens is 292 g/mol. The Balaban J connectivity index is 2.68. The predicted molar refractivity (Wildman–Crippen MR) is 77.7 cm³/mol. The summed E-state index contributed by atoms with van der Waals surface area (Å²) in [5.41, 5.74) is 1.45. The van der Waals surface area contributed by atoms with Gasteiger partial charge in [-0.1, -0.05) is 17.7 Å². The van der Waals surface area contributed by atoms with Crippen LogP contribution in [0.3, 0.4) is 0 Å². The molecule has 0 radical (unpaired) electrons. The van der Waals surface area contributed by atoms with E-state index in [0.29, 0.717) is 12.0 Å². The van der Waals surface area contributed by atoms with Crippen molar-refractivity contribution in [3.63, 3.8) is 0 Å². The lowest BCUT2D eigenvalue weighted by Gasteiger charge is -2.39. The van der Waals surface area contributed by atoms with Gasteiger partial charge in [-0.25, -0.2) is 4.79 Å². The Morgan fingerprint density at radius 2 is 1.73 bits per heavy atom. The SMILES string of the molecule is CC(C)=CCC=C(C)C(=O)OC1OC(CO)C(O)C(O)C1O. The Kier molecular flexibility index (Phi) is 7.18. The number of carbonyl (C=O) groups excluding carboxylic acids is 1. The van der Waals surface area contributed by atoms with Crippen molar-refractivity contribution in [3.05, 3.63) is 23.3 Å². The number of hydrogen-bond acceptors (Lipinski definition) is 7. The Labute approximate surface area is 129 Å². The highest BCUT2D eigenvalue weighted by atomic mass is 16.7. The van der Waals surface area contributed by atoms with E-state index >= 15 is 0 Å². The van der Waals surface area contributed by atoms with Crippen LogP contribution in [0.4, 0.5) is 0 Å². The molecule has 1 heterocycles. The largest absolute Gasteiger partial charge is 0.429 e. The summed E-state index contributed by atoms with van der Waals surface area (Å²) in [6.07, 6.45) is -3.03. The van der Waals surface area contributed by atoms with Crippen molar-refractivity contribution in [2.75, 3.05) is 6.61 Å². The van der Waals surface area contributed by atoms with Crippen molar-refractivity contribution in [2.24, 2.45) is 0 Å². The van der Waals surface area contributed by atoms with Gasteiger partial charge in [-0.2, -0.15) is 0 Å². The van der Waals surface area contributed by atoms with Crippen molar-refractivity contribution >= 4 is 5.97 Å². The fourth-order valence-electron chi connectivity index (χ4n) is 1.92. The standard InChI is InChI=1S/C15H24O7/c1-8(2)5-4-6-9(3)14(20)22-15-13(19)12(18)11(17)10(7-16)21-15/h5-6,10-13,15-19H,4,7H2,1-3H3. The summed E-state index contributed by atoms with van der Waals surface area (Å²) in [7, 11) is 0. The van der Waals surface area contributed by atoms with E-state index in [1.165, 1.54) is 0 Å². The molecule has 0 aromatic heterocycles.